The fourth-order valence-electron chi connectivity index (χ4n) is 4.66. The number of rotatable bonds is 2. The number of hydrogen-bond donors (Lipinski definition) is 2. The summed E-state index contributed by atoms with van der Waals surface area (Å²) in [5.74, 6) is 1.61. The first kappa shape index (κ1) is 15.3. The van der Waals surface area contributed by atoms with Gasteiger partial charge in [0.25, 0.3) is 0 Å². The number of carbonyl (C=O) groups is 1. The zero-order valence-electron chi connectivity index (χ0n) is 14.7. The molecule has 1 spiro atoms. The van der Waals surface area contributed by atoms with Crippen LogP contribution in [0.1, 0.15) is 36.9 Å². The number of hydrogen-bond acceptors (Lipinski definition) is 3. The van der Waals surface area contributed by atoms with Gasteiger partial charge in [-0.3, -0.25) is 4.79 Å². The number of methoxy groups -OCH3 is 1. The molecule has 1 saturated heterocycles. The van der Waals surface area contributed by atoms with Gasteiger partial charge in [-0.2, -0.15) is 0 Å². The Morgan fingerprint density at radius 1 is 1.28 bits per heavy atom. The molecule has 2 aliphatic heterocycles. The van der Waals surface area contributed by atoms with Gasteiger partial charge < -0.3 is 19.9 Å². The minimum atomic E-state index is -0.0137. The molecule has 0 unspecified atom stereocenters. The zero-order valence-corrected chi connectivity index (χ0v) is 14.7. The molecule has 2 fully saturated rings. The summed E-state index contributed by atoms with van der Waals surface area (Å²) in [7, 11) is 1.72. The van der Waals surface area contributed by atoms with Crippen molar-refractivity contribution in [3.8, 4) is 5.75 Å². The van der Waals surface area contributed by atoms with Crippen LogP contribution < -0.4 is 10.1 Å². The van der Waals surface area contributed by atoms with Crippen molar-refractivity contribution in [3.63, 3.8) is 0 Å². The van der Waals surface area contributed by atoms with E-state index < -0.39 is 0 Å². The first-order chi connectivity index (χ1) is 12.2. The van der Waals surface area contributed by atoms with Crippen molar-refractivity contribution in [1.29, 1.82) is 0 Å². The molecule has 1 saturated carbocycles. The maximum atomic E-state index is 12.4. The third-order valence-electron chi connectivity index (χ3n) is 6.29. The Morgan fingerprint density at radius 3 is 2.80 bits per heavy atom. The lowest BCUT2D eigenvalue weighted by atomic mass is 9.79. The smallest absolute Gasteiger partial charge is 0.225 e. The van der Waals surface area contributed by atoms with Crippen LogP contribution in [0.15, 0.2) is 18.2 Å². The molecule has 2 aromatic rings. The number of likely N-dealkylation sites (tertiary alicyclic amines) is 1. The molecular formula is C20H25N3O2. The number of amides is 1. The summed E-state index contributed by atoms with van der Waals surface area (Å²) < 4.78 is 5.41. The Kier molecular flexibility index (Phi) is 3.35. The van der Waals surface area contributed by atoms with Crippen molar-refractivity contribution in [2.45, 2.75) is 37.6 Å². The van der Waals surface area contributed by atoms with E-state index in [4.69, 9.17) is 4.74 Å². The van der Waals surface area contributed by atoms with Crippen LogP contribution in [0.4, 0.5) is 0 Å². The normalized spacial score (nSPS) is 22.2. The summed E-state index contributed by atoms with van der Waals surface area (Å²) in [6.07, 6.45) is 5.19. The van der Waals surface area contributed by atoms with Crippen molar-refractivity contribution in [1.82, 2.24) is 15.2 Å². The maximum absolute atomic E-state index is 12.4. The predicted molar refractivity (Wildman–Crippen MR) is 96.8 cm³/mol. The molecule has 0 bridgehead atoms. The summed E-state index contributed by atoms with van der Waals surface area (Å²) in [6, 6.07) is 6.28. The Labute approximate surface area is 147 Å². The number of piperidine rings is 1. The van der Waals surface area contributed by atoms with E-state index in [2.05, 4.69) is 27.3 Å². The minimum absolute atomic E-state index is 0.0137. The van der Waals surface area contributed by atoms with E-state index in [-0.39, 0.29) is 5.54 Å². The number of aromatic nitrogens is 1. The topological polar surface area (TPSA) is 57.4 Å². The fourth-order valence-corrected chi connectivity index (χ4v) is 4.66. The minimum Gasteiger partial charge on any atom is -0.497 e. The molecule has 0 atom stereocenters. The highest BCUT2D eigenvalue weighted by molar-refractivity contribution is 5.87. The molecule has 3 aliphatic rings. The molecular weight excluding hydrogens is 314 g/mol. The van der Waals surface area contributed by atoms with E-state index in [1.807, 2.05) is 6.07 Å². The Hall–Kier alpha value is -2.01. The van der Waals surface area contributed by atoms with Crippen LogP contribution in [0.2, 0.25) is 0 Å². The molecule has 1 aromatic heterocycles. The average molecular weight is 339 g/mol. The number of aromatic amines is 1. The highest BCUT2D eigenvalue weighted by atomic mass is 16.5. The summed E-state index contributed by atoms with van der Waals surface area (Å²) in [6.45, 7) is 2.72. The van der Waals surface area contributed by atoms with Gasteiger partial charge in [0.15, 0.2) is 0 Å². The summed E-state index contributed by atoms with van der Waals surface area (Å²) in [4.78, 5) is 18.1. The zero-order chi connectivity index (χ0) is 17.0. The van der Waals surface area contributed by atoms with Crippen LogP contribution in [0, 0.1) is 5.92 Å². The summed E-state index contributed by atoms with van der Waals surface area (Å²) in [5.41, 5.74) is 3.93. The van der Waals surface area contributed by atoms with Gasteiger partial charge in [0, 0.05) is 42.1 Å². The van der Waals surface area contributed by atoms with E-state index in [1.54, 1.807) is 7.11 Å². The van der Waals surface area contributed by atoms with Crippen molar-refractivity contribution < 1.29 is 9.53 Å². The predicted octanol–water partition coefficient (Wildman–Crippen LogP) is 2.55. The lowest BCUT2D eigenvalue weighted by molar-refractivity contribution is -0.134. The molecule has 132 valence electrons. The largest absolute Gasteiger partial charge is 0.497 e. The van der Waals surface area contributed by atoms with Crippen molar-refractivity contribution in [2.75, 3.05) is 26.7 Å². The van der Waals surface area contributed by atoms with Crippen LogP contribution in [-0.4, -0.2) is 42.5 Å². The van der Waals surface area contributed by atoms with Gasteiger partial charge in [0.1, 0.15) is 5.75 Å². The van der Waals surface area contributed by atoms with Gasteiger partial charge in [-0.25, -0.2) is 0 Å². The number of benzene rings is 1. The van der Waals surface area contributed by atoms with Gasteiger partial charge in [0.2, 0.25) is 5.91 Å². The average Bonchev–Trinajstić information content (AvgIpc) is 3.43. The molecule has 5 heteroatoms. The fraction of sp³-hybridized carbons (Fsp3) is 0.550. The van der Waals surface area contributed by atoms with Gasteiger partial charge in [-0.05, 0) is 55.9 Å². The molecule has 1 amide bonds. The van der Waals surface area contributed by atoms with E-state index in [1.165, 1.54) is 22.2 Å². The summed E-state index contributed by atoms with van der Waals surface area (Å²) in [5, 5.41) is 5.07. The van der Waals surface area contributed by atoms with Crippen LogP contribution in [-0.2, 0) is 16.8 Å². The van der Waals surface area contributed by atoms with Crippen LogP contribution in [0.25, 0.3) is 10.9 Å². The van der Waals surface area contributed by atoms with Crippen LogP contribution >= 0.6 is 0 Å². The number of H-pyrrole nitrogens is 1. The maximum Gasteiger partial charge on any atom is 0.225 e. The first-order valence-electron chi connectivity index (χ1n) is 9.43. The van der Waals surface area contributed by atoms with Gasteiger partial charge in [-0.15, -0.1) is 0 Å². The van der Waals surface area contributed by atoms with E-state index in [0.717, 1.165) is 57.5 Å². The monoisotopic (exact) mass is 339 g/mol. The van der Waals surface area contributed by atoms with Crippen LogP contribution in [0.3, 0.4) is 0 Å². The number of carbonyl (C=O) groups excluding carboxylic acids is 1. The van der Waals surface area contributed by atoms with Crippen molar-refractivity contribution >= 4 is 16.8 Å². The standard InChI is InChI=1S/C20H25N3O2/c1-25-14-4-5-17-16(12-14)15-6-9-21-20(18(15)22-17)7-10-23(11-8-20)19(24)13-2-3-13/h4-5,12-13,21-22H,2-3,6-11H2,1H3. The highest BCUT2D eigenvalue weighted by Gasteiger charge is 2.43. The van der Waals surface area contributed by atoms with E-state index in [9.17, 15) is 4.79 Å². The first-order valence-corrected chi connectivity index (χ1v) is 9.43. The Bertz CT molecular complexity index is 829. The second-order valence-corrected chi connectivity index (χ2v) is 7.75. The quantitative estimate of drug-likeness (QED) is 0.884. The number of ether oxygens (including phenoxy) is 1. The third kappa shape index (κ3) is 2.36. The number of fused-ring (bicyclic) bond motifs is 4. The molecule has 1 aliphatic carbocycles. The van der Waals surface area contributed by atoms with E-state index >= 15 is 0 Å². The number of nitrogens with one attached hydrogen (secondary N) is 2. The Morgan fingerprint density at radius 2 is 2.08 bits per heavy atom. The molecule has 1 aromatic carbocycles. The molecule has 5 rings (SSSR count). The second-order valence-electron chi connectivity index (χ2n) is 7.75. The molecule has 0 radical (unpaired) electrons. The number of nitrogens with zero attached hydrogens (tertiary/aromatic N) is 1. The molecule has 3 heterocycles. The third-order valence-corrected chi connectivity index (χ3v) is 6.29. The Balaban J connectivity index is 1.48. The SMILES string of the molecule is COc1ccc2[nH]c3c(c2c1)CCNC31CCN(C(=O)C2CC2)CC1. The second kappa shape index (κ2) is 5.49. The highest BCUT2D eigenvalue weighted by Crippen LogP contribution is 2.41. The van der Waals surface area contributed by atoms with Gasteiger partial charge >= 0.3 is 0 Å². The van der Waals surface area contributed by atoms with Crippen molar-refractivity contribution in [2.24, 2.45) is 5.92 Å². The van der Waals surface area contributed by atoms with Crippen molar-refractivity contribution in [3.05, 3.63) is 29.5 Å². The molecule has 25 heavy (non-hydrogen) atoms. The van der Waals surface area contributed by atoms with Gasteiger partial charge in [0.05, 0.1) is 12.6 Å². The molecule has 2 N–H and O–H groups in total. The van der Waals surface area contributed by atoms with Crippen LogP contribution in [0.5, 0.6) is 5.75 Å². The molecule has 5 nitrogen and oxygen atoms in total. The summed E-state index contributed by atoms with van der Waals surface area (Å²) >= 11 is 0. The lowest BCUT2D eigenvalue weighted by Crippen LogP contribution is -2.55. The van der Waals surface area contributed by atoms with Gasteiger partial charge in [-0.1, -0.05) is 0 Å². The lowest BCUT2D eigenvalue weighted by Gasteiger charge is -2.45. The van der Waals surface area contributed by atoms with E-state index in [0.29, 0.717) is 11.8 Å².